The molecule has 0 aliphatic rings. The Labute approximate surface area is 128 Å². The number of nitro benzene ring substituents is 1. The molecule has 2 N–H and O–H groups in total. The predicted molar refractivity (Wildman–Crippen MR) is 79.9 cm³/mol. The summed E-state index contributed by atoms with van der Waals surface area (Å²) in [6.45, 7) is 0. The lowest BCUT2D eigenvalue weighted by molar-refractivity contribution is -0.384. The van der Waals surface area contributed by atoms with Crippen LogP contribution in [0, 0.1) is 10.1 Å². The normalized spacial score (nSPS) is 10.6. The number of fused-ring (bicyclic) bond motifs is 1. The summed E-state index contributed by atoms with van der Waals surface area (Å²) in [4.78, 5) is 33.1. The van der Waals surface area contributed by atoms with E-state index in [-0.39, 0.29) is 22.4 Å². The highest BCUT2D eigenvalue weighted by molar-refractivity contribution is 6.33. The quantitative estimate of drug-likeness (QED) is 0.438. The number of halogens is 1. The van der Waals surface area contributed by atoms with Gasteiger partial charge in [-0.3, -0.25) is 20.2 Å². The number of H-pyrrole nitrogens is 1. The van der Waals surface area contributed by atoms with Crippen LogP contribution in [0.4, 0.5) is 11.6 Å². The monoisotopic (exact) mass is 317 g/mol. The minimum absolute atomic E-state index is 0.0654. The van der Waals surface area contributed by atoms with Crippen molar-refractivity contribution in [2.75, 3.05) is 5.32 Å². The molecule has 0 radical (unpaired) electrons. The molecule has 0 fully saturated rings. The molecule has 0 saturated carbocycles. The van der Waals surface area contributed by atoms with E-state index in [2.05, 4.69) is 20.3 Å². The second-order valence-corrected chi connectivity index (χ2v) is 4.70. The third kappa shape index (κ3) is 2.59. The number of carbonyl (C=O) groups excluding carboxylic acids is 1. The van der Waals surface area contributed by atoms with Crippen molar-refractivity contribution in [1.82, 2.24) is 15.0 Å². The number of non-ortho nitro benzene ring substituents is 1. The van der Waals surface area contributed by atoms with Gasteiger partial charge in [0.05, 0.1) is 21.5 Å². The molecule has 0 saturated heterocycles. The molecule has 1 amide bonds. The molecule has 2 aromatic heterocycles. The Balaban J connectivity index is 1.89. The number of aromatic amines is 1. The van der Waals surface area contributed by atoms with Gasteiger partial charge in [-0.25, -0.2) is 9.97 Å². The van der Waals surface area contributed by atoms with Gasteiger partial charge in [0.25, 0.3) is 11.6 Å². The van der Waals surface area contributed by atoms with E-state index in [9.17, 15) is 14.9 Å². The standard InChI is InChI=1S/C13H8ClN5O3/c14-11-8(2-1-5-15-11)12(20)18-13-16-9-4-3-7(19(21)22)6-10(9)17-13/h1-6H,(H2,16,17,18,20). The molecule has 0 spiro atoms. The summed E-state index contributed by atoms with van der Waals surface area (Å²) in [6.07, 6.45) is 1.47. The summed E-state index contributed by atoms with van der Waals surface area (Å²) in [5.41, 5.74) is 1.08. The van der Waals surface area contributed by atoms with E-state index in [0.29, 0.717) is 11.0 Å². The third-order valence-electron chi connectivity index (χ3n) is 2.91. The minimum atomic E-state index is -0.506. The number of nitro groups is 1. The SMILES string of the molecule is O=C(Nc1nc2ccc([N+](=O)[O-])cc2[nH]1)c1cccnc1Cl. The lowest BCUT2D eigenvalue weighted by Crippen LogP contribution is -2.13. The fourth-order valence-corrected chi connectivity index (χ4v) is 2.11. The molecule has 0 aliphatic heterocycles. The van der Waals surface area contributed by atoms with Crippen molar-refractivity contribution < 1.29 is 9.72 Å². The number of hydrogen-bond acceptors (Lipinski definition) is 5. The van der Waals surface area contributed by atoms with Crippen molar-refractivity contribution in [3.8, 4) is 0 Å². The Morgan fingerprint density at radius 3 is 2.91 bits per heavy atom. The fourth-order valence-electron chi connectivity index (χ4n) is 1.90. The van der Waals surface area contributed by atoms with Crippen molar-refractivity contribution in [3.05, 3.63) is 57.4 Å². The Hall–Kier alpha value is -3.00. The number of nitrogens with one attached hydrogen (secondary N) is 2. The van der Waals surface area contributed by atoms with Gasteiger partial charge in [-0.15, -0.1) is 0 Å². The number of imidazole rings is 1. The number of amides is 1. The van der Waals surface area contributed by atoms with E-state index in [0.717, 1.165) is 0 Å². The van der Waals surface area contributed by atoms with E-state index in [1.807, 2.05) is 0 Å². The number of pyridine rings is 1. The molecule has 0 aliphatic carbocycles. The fraction of sp³-hybridized carbons (Fsp3) is 0. The summed E-state index contributed by atoms with van der Waals surface area (Å²) in [6, 6.07) is 7.29. The molecule has 3 aromatic rings. The number of hydrogen-bond donors (Lipinski definition) is 2. The zero-order valence-corrected chi connectivity index (χ0v) is 11.7. The maximum atomic E-state index is 12.1. The van der Waals surface area contributed by atoms with Crippen LogP contribution in [-0.4, -0.2) is 25.8 Å². The number of benzene rings is 1. The zero-order valence-electron chi connectivity index (χ0n) is 10.9. The molecular weight excluding hydrogens is 310 g/mol. The molecule has 22 heavy (non-hydrogen) atoms. The first-order chi connectivity index (χ1) is 10.5. The highest BCUT2D eigenvalue weighted by Crippen LogP contribution is 2.21. The average molecular weight is 318 g/mol. The first-order valence-electron chi connectivity index (χ1n) is 6.10. The van der Waals surface area contributed by atoms with E-state index in [1.54, 1.807) is 6.07 Å². The van der Waals surface area contributed by atoms with E-state index >= 15 is 0 Å². The number of rotatable bonds is 3. The molecule has 0 bridgehead atoms. The van der Waals surface area contributed by atoms with Gasteiger partial charge in [-0.1, -0.05) is 11.6 Å². The molecular formula is C13H8ClN5O3. The Kier molecular flexibility index (Phi) is 3.43. The van der Waals surface area contributed by atoms with E-state index < -0.39 is 10.8 Å². The Bertz CT molecular complexity index is 892. The van der Waals surface area contributed by atoms with Crippen molar-refractivity contribution in [1.29, 1.82) is 0 Å². The van der Waals surface area contributed by atoms with Crippen LogP contribution in [0.15, 0.2) is 36.5 Å². The largest absolute Gasteiger partial charge is 0.324 e. The highest BCUT2D eigenvalue weighted by Gasteiger charge is 2.14. The maximum absolute atomic E-state index is 12.1. The highest BCUT2D eigenvalue weighted by atomic mass is 35.5. The van der Waals surface area contributed by atoms with Crippen LogP contribution in [0.3, 0.4) is 0 Å². The van der Waals surface area contributed by atoms with Crippen LogP contribution in [-0.2, 0) is 0 Å². The van der Waals surface area contributed by atoms with Gasteiger partial charge in [0, 0.05) is 18.3 Å². The average Bonchev–Trinajstić information content (AvgIpc) is 2.88. The first kappa shape index (κ1) is 14.0. The van der Waals surface area contributed by atoms with Gasteiger partial charge in [-0.2, -0.15) is 0 Å². The smallest absolute Gasteiger partial charge is 0.271 e. The van der Waals surface area contributed by atoms with Crippen LogP contribution in [0.25, 0.3) is 11.0 Å². The minimum Gasteiger partial charge on any atom is -0.324 e. The van der Waals surface area contributed by atoms with E-state index in [1.165, 1.54) is 30.5 Å². The molecule has 3 rings (SSSR count). The summed E-state index contributed by atoms with van der Waals surface area (Å²) >= 11 is 5.84. The summed E-state index contributed by atoms with van der Waals surface area (Å²) in [7, 11) is 0. The molecule has 2 heterocycles. The van der Waals surface area contributed by atoms with Gasteiger partial charge in [0.1, 0.15) is 5.15 Å². The maximum Gasteiger partial charge on any atom is 0.271 e. The number of aromatic nitrogens is 3. The molecule has 9 heteroatoms. The molecule has 1 aromatic carbocycles. The Morgan fingerprint density at radius 2 is 2.18 bits per heavy atom. The lowest BCUT2D eigenvalue weighted by Gasteiger charge is -2.02. The molecule has 0 atom stereocenters. The third-order valence-corrected chi connectivity index (χ3v) is 3.21. The molecule has 0 unspecified atom stereocenters. The molecule has 8 nitrogen and oxygen atoms in total. The number of carbonyl (C=O) groups is 1. The van der Waals surface area contributed by atoms with Crippen molar-refractivity contribution in [3.63, 3.8) is 0 Å². The van der Waals surface area contributed by atoms with Crippen molar-refractivity contribution >= 4 is 40.2 Å². The second-order valence-electron chi connectivity index (χ2n) is 4.34. The molecule has 110 valence electrons. The number of nitrogens with zero attached hydrogens (tertiary/aromatic N) is 3. The van der Waals surface area contributed by atoms with Gasteiger partial charge < -0.3 is 4.98 Å². The van der Waals surface area contributed by atoms with Gasteiger partial charge in [0.15, 0.2) is 0 Å². The van der Waals surface area contributed by atoms with Gasteiger partial charge in [0.2, 0.25) is 5.95 Å². The summed E-state index contributed by atoms with van der Waals surface area (Å²) < 4.78 is 0. The first-order valence-corrected chi connectivity index (χ1v) is 6.48. The van der Waals surface area contributed by atoms with Crippen LogP contribution in [0.1, 0.15) is 10.4 Å². The second kappa shape index (κ2) is 5.41. The van der Waals surface area contributed by atoms with Crippen LogP contribution in [0.2, 0.25) is 5.15 Å². The lowest BCUT2D eigenvalue weighted by atomic mass is 10.3. The van der Waals surface area contributed by atoms with Crippen LogP contribution < -0.4 is 5.32 Å². The predicted octanol–water partition coefficient (Wildman–Crippen LogP) is 2.77. The topological polar surface area (TPSA) is 114 Å². The van der Waals surface area contributed by atoms with E-state index in [4.69, 9.17) is 11.6 Å². The van der Waals surface area contributed by atoms with Gasteiger partial charge in [-0.05, 0) is 18.2 Å². The van der Waals surface area contributed by atoms with Crippen LogP contribution in [0.5, 0.6) is 0 Å². The Morgan fingerprint density at radius 1 is 1.36 bits per heavy atom. The van der Waals surface area contributed by atoms with Crippen LogP contribution >= 0.6 is 11.6 Å². The summed E-state index contributed by atoms with van der Waals surface area (Å²) in [5, 5.41) is 13.3. The van der Waals surface area contributed by atoms with Crippen molar-refractivity contribution in [2.24, 2.45) is 0 Å². The van der Waals surface area contributed by atoms with Gasteiger partial charge >= 0.3 is 0 Å². The number of anilines is 1. The summed E-state index contributed by atoms with van der Waals surface area (Å²) in [5.74, 6) is -0.313. The van der Waals surface area contributed by atoms with Crippen molar-refractivity contribution in [2.45, 2.75) is 0 Å². The zero-order chi connectivity index (χ0) is 15.7.